The molecule has 2 aromatic carbocycles. The minimum absolute atomic E-state index is 0.0501. The monoisotopic (exact) mass is 447 g/mol. The fourth-order valence-electron chi connectivity index (χ4n) is 3.39. The molecule has 0 unspecified atom stereocenters. The topological polar surface area (TPSA) is 63.7 Å². The van der Waals surface area contributed by atoms with Gasteiger partial charge in [-0.3, -0.25) is 14.4 Å². The summed E-state index contributed by atoms with van der Waals surface area (Å²) < 4.78 is 5.51. The van der Waals surface area contributed by atoms with Gasteiger partial charge >= 0.3 is 5.97 Å². The van der Waals surface area contributed by atoms with Gasteiger partial charge in [-0.15, -0.1) is 11.6 Å². The third kappa shape index (κ3) is 5.02. The molecule has 0 aromatic heterocycles. The molecule has 0 bridgehead atoms. The van der Waals surface area contributed by atoms with E-state index in [2.05, 4.69) is 0 Å². The molecule has 2 aromatic rings. The summed E-state index contributed by atoms with van der Waals surface area (Å²) in [5, 5.41) is 0.508. The summed E-state index contributed by atoms with van der Waals surface area (Å²) in [6, 6.07) is 12.1. The zero-order valence-electron chi connectivity index (χ0n) is 16.9. The first-order valence-corrected chi connectivity index (χ1v) is 10.6. The zero-order chi connectivity index (χ0) is 21.8. The number of carbonyl (C=O) groups is 3. The highest BCUT2D eigenvalue weighted by Gasteiger charge is 2.38. The fourth-order valence-corrected chi connectivity index (χ4v) is 3.71. The fraction of sp³-hybridized carbons (Fsp3) is 0.348. The molecule has 1 heterocycles. The van der Waals surface area contributed by atoms with Gasteiger partial charge in [0.25, 0.3) is 0 Å². The van der Waals surface area contributed by atoms with E-state index in [1.54, 1.807) is 29.2 Å². The van der Waals surface area contributed by atoms with Crippen LogP contribution in [0.1, 0.15) is 34.3 Å². The van der Waals surface area contributed by atoms with Crippen molar-refractivity contribution in [3.05, 3.63) is 64.2 Å². The van der Waals surface area contributed by atoms with E-state index in [0.29, 0.717) is 10.6 Å². The molecule has 3 rings (SSSR count). The van der Waals surface area contributed by atoms with Crippen molar-refractivity contribution in [3.8, 4) is 0 Å². The molecule has 1 saturated heterocycles. The highest BCUT2D eigenvalue weighted by molar-refractivity contribution is 6.30. The number of hydrogen-bond acceptors (Lipinski definition) is 4. The molecule has 0 radical (unpaired) electrons. The Bertz CT molecular complexity index is 958. The van der Waals surface area contributed by atoms with Gasteiger partial charge in [-0.1, -0.05) is 17.7 Å². The highest BCUT2D eigenvalue weighted by atomic mass is 35.5. The number of esters is 1. The zero-order valence-corrected chi connectivity index (χ0v) is 18.4. The third-order valence-electron chi connectivity index (χ3n) is 5.31. The van der Waals surface area contributed by atoms with E-state index < -0.39 is 18.0 Å². The molecule has 0 spiro atoms. The molecule has 0 aliphatic carbocycles. The lowest BCUT2D eigenvalue weighted by molar-refractivity contribution is -0.151. The molecule has 1 amide bonds. The van der Waals surface area contributed by atoms with Crippen molar-refractivity contribution >= 4 is 46.5 Å². The molecule has 5 nitrogen and oxygen atoms in total. The van der Waals surface area contributed by atoms with Gasteiger partial charge in [-0.25, -0.2) is 0 Å². The highest BCUT2D eigenvalue weighted by Crippen LogP contribution is 2.28. The number of aryl methyl sites for hydroxylation is 2. The van der Waals surface area contributed by atoms with Crippen molar-refractivity contribution in [3.63, 3.8) is 0 Å². The summed E-state index contributed by atoms with van der Waals surface area (Å²) in [5.41, 5.74) is 3.35. The van der Waals surface area contributed by atoms with Crippen LogP contribution in [0.5, 0.6) is 0 Å². The van der Waals surface area contributed by atoms with E-state index in [1.807, 2.05) is 32.0 Å². The Morgan fingerprint density at radius 1 is 1.13 bits per heavy atom. The van der Waals surface area contributed by atoms with Gasteiger partial charge in [-0.2, -0.15) is 0 Å². The maximum Gasteiger partial charge on any atom is 0.312 e. The molecule has 1 aliphatic rings. The average Bonchev–Trinajstić information content (AvgIpc) is 3.11. The molecule has 2 atom stereocenters. The van der Waals surface area contributed by atoms with E-state index in [9.17, 15) is 14.4 Å². The first kappa shape index (κ1) is 22.3. The first-order valence-electron chi connectivity index (χ1n) is 9.74. The maximum absolute atomic E-state index is 12.8. The van der Waals surface area contributed by atoms with Crippen molar-refractivity contribution in [2.45, 2.75) is 32.8 Å². The summed E-state index contributed by atoms with van der Waals surface area (Å²) in [5.74, 6) is -1.51. The Hall–Kier alpha value is -2.37. The van der Waals surface area contributed by atoms with Crippen LogP contribution in [0.15, 0.2) is 42.5 Å². The molecule has 0 saturated carbocycles. The number of halogens is 2. The minimum atomic E-state index is -0.998. The molecule has 30 heavy (non-hydrogen) atoms. The molecule has 0 N–H and O–H groups in total. The van der Waals surface area contributed by atoms with Crippen LogP contribution in [-0.2, 0) is 14.3 Å². The van der Waals surface area contributed by atoms with Gasteiger partial charge < -0.3 is 9.64 Å². The molecule has 1 aliphatic heterocycles. The SMILES string of the molecule is Cc1ccc(N2C[C@@H](C(=O)O[C@H](CCCl)C(=O)c3ccc(Cl)cc3)CC2=O)cc1C. The second kappa shape index (κ2) is 9.63. The van der Waals surface area contributed by atoms with E-state index >= 15 is 0 Å². The number of alkyl halides is 1. The second-order valence-electron chi connectivity index (χ2n) is 7.45. The lowest BCUT2D eigenvalue weighted by atomic mass is 10.0. The lowest BCUT2D eigenvalue weighted by Crippen LogP contribution is -2.32. The van der Waals surface area contributed by atoms with Gasteiger partial charge in [0.2, 0.25) is 11.7 Å². The number of amides is 1. The van der Waals surface area contributed by atoms with Crippen LogP contribution in [0.25, 0.3) is 0 Å². The van der Waals surface area contributed by atoms with Crippen molar-refractivity contribution in [1.29, 1.82) is 0 Å². The number of ketones is 1. The van der Waals surface area contributed by atoms with Crippen LogP contribution in [0.2, 0.25) is 5.02 Å². The normalized spacial score (nSPS) is 17.1. The summed E-state index contributed by atoms with van der Waals surface area (Å²) in [6.45, 7) is 4.20. The maximum atomic E-state index is 12.8. The van der Waals surface area contributed by atoms with Crippen LogP contribution in [0, 0.1) is 19.8 Å². The standard InChI is InChI=1S/C23H23Cl2NO4/c1-14-3-8-19(11-15(14)2)26-13-17(12-21(26)27)23(29)30-20(9-10-24)22(28)16-4-6-18(25)7-5-16/h3-8,11,17,20H,9-10,12-13H2,1-2H3/t17-,20+/m0/s1. The van der Waals surface area contributed by atoms with E-state index in [4.69, 9.17) is 27.9 Å². The number of anilines is 1. The largest absolute Gasteiger partial charge is 0.454 e. The van der Waals surface area contributed by atoms with Crippen LogP contribution in [0.4, 0.5) is 5.69 Å². The summed E-state index contributed by atoms with van der Waals surface area (Å²) in [4.78, 5) is 39.6. The Morgan fingerprint density at radius 2 is 1.83 bits per heavy atom. The summed E-state index contributed by atoms with van der Waals surface area (Å²) >= 11 is 11.7. The molecule has 1 fully saturated rings. The Labute approximate surface area is 185 Å². The van der Waals surface area contributed by atoms with Gasteiger partial charge in [0, 0.05) is 41.5 Å². The number of ether oxygens (including phenoxy) is 1. The number of carbonyl (C=O) groups excluding carboxylic acids is 3. The van der Waals surface area contributed by atoms with Crippen molar-refractivity contribution in [2.24, 2.45) is 5.92 Å². The minimum Gasteiger partial charge on any atom is -0.454 e. The molecular formula is C23H23Cl2NO4. The number of rotatable bonds is 7. The van der Waals surface area contributed by atoms with Gasteiger partial charge in [0.1, 0.15) is 0 Å². The first-order chi connectivity index (χ1) is 14.3. The second-order valence-corrected chi connectivity index (χ2v) is 8.26. The van der Waals surface area contributed by atoms with Crippen molar-refractivity contribution in [2.75, 3.05) is 17.3 Å². The number of benzene rings is 2. The van der Waals surface area contributed by atoms with Gasteiger partial charge in [-0.05, 0) is 61.4 Å². The molecule has 158 valence electrons. The molecular weight excluding hydrogens is 425 g/mol. The van der Waals surface area contributed by atoms with Gasteiger partial charge in [0.15, 0.2) is 6.10 Å². The summed E-state index contributed by atoms with van der Waals surface area (Å²) in [6.07, 6.45) is -0.757. The predicted molar refractivity (Wildman–Crippen MR) is 117 cm³/mol. The number of nitrogens with zero attached hydrogens (tertiary/aromatic N) is 1. The third-order valence-corrected chi connectivity index (χ3v) is 5.78. The lowest BCUT2D eigenvalue weighted by Gasteiger charge is -2.20. The van der Waals surface area contributed by atoms with Crippen molar-refractivity contribution < 1.29 is 19.1 Å². The van der Waals surface area contributed by atoms with Gasteiger partial charge in [0.05, 0.1) is 5.92 Å². The Balaban J connectivity index is 1.70. The average molecular weight is 448 g/mol. The van der Waals surface area contributed by atoms with E-state index in [1.165, 1.54) is 0 Å². The Morgan fingerprint density at radius 3 is 2.47 bits per heavy atom. The quantitative estimate of drug-likeness (QED) is 0.349. The van der Waals surface area contributed by atoms with Crippen molar-refractivity contribution in [1.82, 2.24) is 0 Å². The smallest absolute Gasteiger partial charge is 0.312 e. The van der Waals surface area contributed by atoms with Crippen LogP contribution in [0.3, 0.4) is 0 Å². The summed E-state index contributed by atoms with van der Waals surface area (Å²) in [7, 11) is 0. The van der Waals surface area contributed by atoms with Crippen LogP contribution >= 0.6 is 23.2 Å². The Kier molecular flexibility index (Phi) is 7.16. The van der Waals surface area contributed by atoms with Crippen LogP contribution < -0.4 is 4.90 Å². The number of Topliss-reactive ketones (excluding diaryl/α,β-unsaturated/α-hetero) is 1. The van der Waals surface area contributed by atoms with Crippen LogP contribution in [-0.4, -0.2) is 36.2 Å². The van der Waals surface area contributed by atoms with E-state index in [0.717, 1.165) is 16.8 Å². The molecule has 7 heteroatoms. The predicted octanol–water partition coefficient (Wildman–Crippen LogP) is 4.73. The number of hydrogen-bond donors (Lipinski definition) is 0. The van der Waals surface area contributed by atoms with E-state index in [-0.39, 0.29) is 37.0 Å².